The molecule has 0 radical (unpaired) electrons. The average Bonchev–Trinajstić information content (AvgIpc) is 2.75. The summed E-state index contributed by atoms with van der Waals surface area (Å²) in [7, 11) is -3.73. The van der Waals surface area contributed by atoms with Gasteiger partial charge in [0.25, 0.3) is 0 Å². The van der Waals surface area contributed by atoms with Crippen LogP contribution in [0.1, 0.15) is 31.2 Å². The molecule has 0 atom stereocenters. The van der Waals surface area contributed by atoms with Gasteiger partial charge in [-0.2, -0.15) is 4.31 Å². The Kier molecular flexibility index (Phi) is 7.92. The second-order valence-electron chi connectivity index (χ2n) is 7.54. The van der Waals surface area contributed by atoms with Crippen molar-refractivity contribution in [2.24, 2.45) is 11.8 Å². The third-order valence-electron chi connectivity index (χ3n) is 5.55. The van der Waals surface area contributed by atoms with Gasteiger partial charge in [0.1, 0.15) is 0 Å². The standard InChI is InChI=1S/C21H24BrClN2O4S/c22-18-9-11-19(12-10-18)30(28,29)25(14-17-3-1-2-4-20(17)23)13-15-5-7-16(8-6-15)21(26)24-27/h1-4,9-12,15-16,27H,5-8,13-14H2,(H,24,26). The minimum absolute atomic E-state index is 0.125. The van der Waals surface area contributed by atoms with Crippen LogP contribution in [0.3, 0.4) is 0 Å². The lowest BCUT2D eigenvalue weighted by molar-refractivity contribution is -0.134. The Morgan fingerprint density at radius 2 is 1.73 bits per heavy atom. The molecule has 2 N–H and O–H groups in total. The molecule has 1 fully saturated rings. The summed E-state index contributed by atoms with van der Waals surface area (Å²) in [6.45, 7) is 0.520. The van der Waals surface area contributed by atoms with E-state index in [0.29, 0.717) is 37.3 Å². The smallest absolute Gasteiger partial charge is 0.246 e. The molecule has 9 heteroatoms. The number of hydrogen-bond acceptors (Lipinski definition) is 4. The first kappa shape index (κ1) is 23.2. The highest BCUT2D eigenvalue weighted by molar-refractivity contribution is 9.10. The van der Waals surface area contributed by atoms with Gasteiger partial charge in [-0.05, 0) is 67.5 Å². The number of amides is 1. The number of halogens is 2. The minimum Gasteiger partial charge on any atom is -0.289 e. The molecule has 0 heterocycles. The molecular weight excluding hydrogens is 492 g/mol. The number of carbonyl (C=O) groups is 1. The predicted octanol–water partition coefficient (Wildman–Crippen LogP) is 4.61. The maximum atomic E-state index is 13.4. The lowest BCUT2D eigenvalue weighted by atomic mass is 9.81. The molecule has 0 unspecified atom stereocenters. The van der Waals surface area contributed by atoms with Crippen molar-refractivity contribution in [1.29, 1.82) is 0 Å². The van der Waals surface area contributed by atoms with Crippen molar-refractivity contribution < 1.29 is 18.4 Å². The fourth-order valence-electron chi connectivity index (χ4n) is 3.81. The Bertz CT molecular complexity index is 977. The molecule has 2 aromatic carbocycles. The van der Waals surface area contributed by atoms with E-state index in [-0.39, 0.29) is 29.2 Å². The van der Waals surface area contributed by atoms with E-state index in [1.54, 1.807) is 35.8 Å². The molecule has 0 spiro atoms. The van der Waals surface area contributed by atoms with Crippen molar-refractivity contribution in [3.63, 3.8) is 0 Å². The molecule has 1 amide bonds. The van der Waals surface area contributed by atoms with E-state index in [0.717, 1.165) is 10.0 Å². The summed E-state index contributed by atoms with van der Waals surface area (Å²) in [5.74, 6) is -0.476. The highest BCUT2D eigenvalue weighted by Crippen LogP contribution is 2.32. The van der Waals surface area contributed by atoms with Gasteiger partial charge in [-0.3, -0.25) is 10.0 Å². The largest absolute Gasteiger partial charge is 0.289 e. The van der Waals surface area contributed by atoms with Crippen LogP contribution in [-0.2, 0) is 21.4 Å². The molecule has 30 heavy (non-hydrogen) atoms. The third-order valence-corrected chi connectivity index (χ3v) is 8.27. The molecule has 3 rings (SSSR count). The van der Waals surface area contributed by atoms with Crippen LogP contribution in [0.2, 0.25) is 5.02 Å². The van der Waals surface area contributed by atoms with Crippen LogP contribution in [-0.4, -0.2) is 30.4 Å². The van der Waals surface area contributed by atoms with Gasteiger partial charge in [-0.1, -0.05) is 45.7 Å². The highest BCUT2D eigenvalue weighted by Gasteiger charge is 2.31. The molecule has 1 aliphatic carbocycles. The van der Waals surface area contributed by atoms with E-state index >= 15 is 0 Å². The summed E-state index contributed by atoms with van der Waals surface area (Å²) in [5, 5.41) is 9.36. The van der Waals surface area contributed by atoms with Crippen LogP contribution in [0.25, 0.3) is 0 Å². The van der Waals surface area contributed by atoms with Crippen LogP contribution in [0.15, 0.2) is 57.9 Å². The number of hydrogen-bond donors (Lipinski definition) is 2. The van der Waals surface area contributed by atoms with Crippen molar-refractivity contribution >= 4 is 43.5 Å². The fraction of sp³-hybridized carbons (Fsp3) is 0.381. The number of sulfonamides is 1. The first-order chi connectivity index (χ1) is 14.3. The number of nitrogens with one attached hydrogen (secondary N) is 1. The molecule has 162 valence electrons. The first-order valence-electron chi connectivity index (χ1n) is 9.74. The quantitative estimate of drug-likeness (QED) is 0.417. The molecule has 6 nitrogen and oxygen atoms in total. The Balaban J connectivity index is 1.82. The topological polar surface area (TPSA) is 86.7 Å². The molecule has 1 saturated carbocycles. The van der Waals surface area contributed by atoms with Crippen molar-refractivity contribution in [3.05, 3.63) is 63.6 Å². The second kappa shape index (κ2) is 10.2. The van der Waals surface area contributed by atoms with E-state index < -0.39 is 10.0 Å². The van der Waals surface area contributed by atoms with Crippen molar-refractivity contribution in [3.8, 4) is 0 Å². The van der Waals surface area contributed by atoms with E-state index in [1.807, 2.05) is 18.2 Å². The van der Waals surface area contributed by atoms with Gasteiger partial charge in [0, 0.05) is 28.5 Å². The van der Waals surface area contributed by atoms with Gasteiger partial charge < -0.3 is 0 Å². The molecule has 0 bridgehead atoms. The summed E-state index contributed by atoms with van der Waals surface area (Å²) >= 11 is 9.64. The Morgan fingerprint density at radius 3 is 2.33 bits per heavy atom. The second-order valence-corrected chi connectivity index (χ2v) is 10.8. The SMILES string of the molecule is O=C(NO)C1CCC(CN(Cc2ccccc2Cl)S(=O)(=O)c2ccc(Br)cc2)CC1. The summed E-state index contributed by atoms with van der Waals surface area (Å²) in [6.07, 6.45) is 2.67. The molecule has 0 aromatic heterocycles. The summed E-state index contributed by atoms with van der Waals surface area (Å²) in [5.41, 5.74) is 2.46. The summed E-state index contributed by atoms with van der Waals surface area (Å²) in [6, 6.07) is 13.8. The van der Waals surface area contributed by atoms with E-state index in [4.69, 9.17) is 16.8 Å². The Morgan fingerprint density at radius 1 is 1.10 bits per heavy atom. The van der Waals surface area contributed by atoms with Crippen LogP contribution in [0.5, 0.6) is 0 Å². The van der Waals surface area contributed by atoms with Gasteiger partial charge in [0.15, 0.2) is 0 Å². The number of carbonyl (C=O) groups excluding carboxylic acids is 1. The lowest BCUT2D eigenvalue weighted by Gasteiger charge is -2.32. The number of benzene rings is 2. The maximum absolute atomic E-state index is 13.4. The number of rotatable bonds is 7. The molecule has 1 aliphatic rings. The zero-order valence-electron chi connectivity index (χ0n) is 16.3. The predicted molar refractivity (Wildman–Crippen MR) is 119 cm³/mol. The summed E-state index contributed by atoms with van der Waals surface area (Å²) in [4.78, 5) is 11.9. The lowest BCUT2D eigenvalue weighted by Crippen LogP contribution is -2.38. The zero-order valence-corrected chi connectivity index (χ0v) is 19.5. The van der Waals surface area contributed by atoms with Crippen LogP contribution in [0, 0.1) is 11.8 Å². The average molecular weight is 516 g/mol. The van der Waals surface area contributed by atoms with E-state index in [9.17, 15) is 13.2 Å². The van der Waals surface area contributed by atoms with Crippen LogP contribution in [0.4, 0.5) is 0 Å². The van der Waals surface area contributed by atoms with Crippen LogP contribution < -0.4 is 5.48 Å². The monoisotopic (exact) mass is 514 g/mol. The minimum atomic E-state index is -3.73. The molecule has 0 saturated heterocycles. The highest BCUT2D eigenvalue weighted by atomic mass is 79.9. The van der Waals surface area contributed by atoms with Gasteiger partial charge in [0.05, 0.1) is 4.90 Å². The molecule has 2 aromatic rings. The Hall–Kier alpha value is -1.45. The van der Waals surface area contributed by atoms with Crippen molar-refractivity contribution in [1.82, 2.24) is 9.79 Å². The third kappa shape index (κ3) is 5.62. The van der Waals surface area contributed by atoms with E-state index in [2.05, 4.69) is 15.9 Å². The van der Waals surface area contributed by atoms with Crippen molar-refractivity contribution in [2.45, 2.75) is 37.1 Å². The van der Waals surface area contributed by atoms with Crippen molar-refractivity contribution in [2.75, 3.05) is 6.54 Å². The van der Waals surface area contributed by atoms with Gasteiger partial charge in [-0.25, -0.2) is 13.9 Å². The fourth-order valence-corrected chi connectivity index (χ4v) is 5.76. The van der Waals surface area contributed by atoms with Gasteiger partial charge >= 0.3 is 0 Å². The Labute approximate surface area is 190 Å². The summed E-state index contributed by atoms with van der Waals surface area (Å²) < 4.78 is 29.1. The normalized spacial score (nSPS) is 19.6. The van der Waals surface area contributed by atoms with E-state index in [1.165, 1.54) is 4.31 Å². The first-order valence-corrected chi connectivity index (χ1v) is 12.4. The zero-order chi connectivity index (χ0) is 21.7. The number of nitrogens with zero attached hydrogens (tertiary/aromatic N) is 1. The molecular formula is C21H24BrClN2O4S. The number of hydroxylamine groups is 1. The maximum Gasteiger partial charge on any atom is 0.246 e. The van der Waals surface area contributed by atoms with Gasteiger partial charge in [0.2, 0.25) is 15.9 Å². The molecule has 0 aliphatic heterocycles. The van der Waals surface area contributed by atoms with Gasteiger partial charge in [-0.15, -0.1) is 0 Å². The van der Waals surface area contributed by atoms with Crippen LogP contribution >= 0.6 is 27.5 Å².